The second kappa shape index (κ2) is 8.06. The van der Waals surface area contributed by atoms with Crippen molar-refractivity contribution in [3.05, 3.63) is 59.1 Å². The van der Waals surface area contributed by atoms with Gasteiger partial charge in [-0.2, -0.15) is 0 Å². The number of ether oxygens (including phenoxy) is 1. The minimum atomic E-state index is -0.956. The highest BCUT2D eigenvalue weighted by Crippen LogP contribution is 2.33. The van der Waals surface area contributed by atoms with Gasteiger partial charge in [0.05, 0.1) is 15.2 Å². The molecule has 27 heavy (non-hydrogen) atoms. The van der Waals surface area contributed by atoms with Gasteiger partial charge in [-0.15, -0.1) is 11.3 Å². The topological polar surface area (TPSA) is 62.7 Å². The third-order valence-electron chi connectivity index (χ3n) is 5.03. The van der Waals surface area contributed by atoms with E-state index < -0.39 is 5.97 Å². The highest BCUT2D eigenvalue weighted by atomic mass is 32.1. The zero-order valence-electron chi connectivity index (χ0n) is 15.0. The van der Waals surface area contributed by atoms with E-state index in [4.69, 9.17) is 9.72 Å². The highest BCUT2D eigenvalue weighted by molar-refractivity contribution is 7.18. The number of hydrogen-bond acceptors (Lipinski definition) is 5. The number of benzene rings is 2. The Morgan fingerprint density at radius 2 is 1.89 bits per heavy atom. The molecule has 4 rings (SSSR count). The summed E-state index contributed by atoms with van der Waals surface area (Å²) in [6, 6.07) is 15.1. The fourth-order valence-electron chi connectivity index (χ4n) is 3.52. The standard InChI is InChI=1S/C21H22N2O3S/c24-21(25)16-5-1-3-7-18(16)26-14-13-23-11-9-15(10-12-23)20-22-17-6-2-4-8-19(17)27-20/h1-8,15H,9-14H2,(H,24,25). The van der Waals surface area contributed by atoms with E-state index in [2.05, 4.69) is 23.1 Å². The number of aromatic nitrogens is 1. The van der Waals surface area contributed by atoms with Crippen molar-refractivity contribution in [2.45, 2.75) is 18.8 Å². The van der Waals surface area contributed by atoms with Crippen LogP contribution in [-0.2, 0) is 0 Å². The first kappa shape index (κ1) is 17.9. The Morgan fingerprint density at radius 3 is 2.67 bits per heavy atom. The average Bonchev–Trinajstić information content (AvgIpc) is 3.13. The predicted molar refractivity (Wildman–Crippen MR) is 107 cm³/mol. The van der Waals surface area contributed by atoms with Crippen molar-refractivity contribution in [2.24, 2.45) is 0 Å². The van der Waals surface area contributed by atoms with Crippen LogP contribution in [0.2, 0.25) is 0 Å². The number of carboxylic acids is 1. The third kappa shape index (κ3) is 4.12. The summed E-state index contributed by atoms with van der Waals surface area (Å²) in [5.74, 6) is 0.0175. The summed E-state index contributed by atoms with van der Waals surface area (Å²) < 4.78 is 6.98. The van der Waals surface area contributed by atoms with Crippen molar-refractivity contribution in [3.63, 3.8) is 0 Å². The van der Waals surface area contributed by atoms with Crippen LogP contribution in [-0.4, -0.2) is 47.2 Å². The molecule has 0 unspecified atom stereocenters. The Morgan fingerprint density at radius 1 is 1.15 bits per heavy atom. The molecule has 1 N–H and O–H groups in total. The minimum absolute atomic E-state index is 0.215. The summed E-state index contributed by atoms with van der Waals surface area (Å²) in [5, 5.41) is 10.5. The molecule has 0 saturated carbocycles. The predicted octanol–water partition coefficient (Wildman–Crippen LogP) is 4.25. The number of aromatic carboxylic acids is 1. The molecule has 1 aliphatic heterocycles. The van der Waals surface area contributed by atoms with E-state index in [-0.39, 0.29) is 5.56 Å². The molecular weight excluding hydrogens is 360 g/mol. The van der Waals surface area contributed by atoms with Gasteiger partial charge in [0.2, 0.25) is 0 Å². The van der Waals surface area contributed by atoms with Crippen LogP contribution >= 0.6 is 11.3 Å². The lowest BCUT2D eigenvalue weighted by molar-refractivity contribution is 0.0691. The Bertz CT molecular complexity index is 899. The van der Waals surface area contributed by atoms with Gasteiger partial charge in [0.1, 0.15) is 17.9 Å². The highest BCUT2D eigenvalue weighted by Gasteiger charge is 2.23. The van der Waals surface area contributed by atoms with E-state index in [1.165, 1.54) is 9.71 Å². The number of thiazole rings is 1. The molecule has 2 aromatic carbocycles. The molecule has 1 aliphatic rings. The number of hydrogen-bond donors (Lipinski definition) is 1. The molecule has 140 valence electrons. The lowest BCUT2D eigenvalue weighted by atomic mass is 9.97. The van der Waals surface area contributed by atoms with Gasteiger partial charge in [-0.3, -0.25) is 4.90 Å². The number of fused-ring (bicyclic) bond motifs is 1. The minimum Gasteiger partial charge on any atom is -0.491 e. The first-order valence-corrected chi connectivity index (χ1v) is 10.1. The lowest BCUT2D eigenvalue weighted by Crippen LogP contribution is -2.35. The van der Waals surface area contributed by atoms with Crippen molar-refractivity contribution in [2.75, 3.05) is 26.2 Å². The van der Waals surface area contributed by atoms with Crippen molar-refractivity contribution in [1.29, 1.82) is 0 Å². The molecule has 3 aromatic rings. The van der Waals surface area contributed by atoms with Gasteiger partial charge >= 0.3 is 5.97 Å². The van der Waals surface area contributed by atoms with E-state index in [0.717, 1.165) is 38.0 Å². The maximum Gasteiger partial charge on any atom is 0.339 e. The largest absolute Gasteiger partial charge is 0.491 e. The second-order valence-corrected chi connectivity index (χ2v) is 7.85. The third-order valence-corrected chi connectivity index (χ3v) is 6.23. The van der Waals surface area contributed by atoms with Gasteiger partial charge in [-0.25, -0.2) is 9.78 Å². The van der Waals surface area contributed by atoms with Crippen molar-refractivity contribution >= 4 is 27.5 Å². The zero-order valence-corrected chi connectivity index (χ0v) is 15.8. The molecule has 5 nitrogen and oxygen atoms in total. The number of likely N-dealkylation sites (tertiary alicyclic amines) is 1. The number of rotatable bonds is 6. The summed E-state index contributed by atoms with van der Waals surface area (Å²) in [7, 11) is 0. The maximum atomic E-state index is 11.2. The fraction of sp³-hybridized carbons (Fsp3) is 0.333. The van der Waals surface area contributed by atoms with Crippen LogP contribution in [0.25, 0.3) is 10.2 Å². The Kier molecular flexibility index (Phi) is 5.36. The molecule has 0 radical (unpaired) electrons. The average molecular weight is 382 g/mol. The number of piperidine rings is 1. The van der Waals surface area contributed by atoms with Gasteiger partial charge in [0.15, 0.2) is 0 Å². The van der Waals surface area contributed by atoms with E-state index in [1.54, 1.807) is 24.3 Å². The molecule has 0 aliphatic carbocycles. The number of nitrogens with zero attached hydrogens (tertiary/aromatic N) is 2. The van der Waals surface area contributed by atoms with Gasteiger partial charge < -0.3 is 9.84 Å². The number of para-hydroxylation sites is 2. The summed E-state index contributed by atoms with van der Waals surface area (Å²) in [6.45, 7) is 3.34. The second-order valence-electron chi connectivity index (χ2n) is 6.79. The van der Waals surface area contributed by atoms with Gasteiger partial charge in [0.25, 0.3) is 0 Å². The molecule has 1 aromatic heterocycles. The first-order valence-electron chi connectivity index (χ1n) is 9.23. The smallest absolute Gasteiger partial charge is 0.339 e. The summed E-state index contributed by atoms with van der Waals surface area (Å²) in [6.07, 6.45) is 2.21. The summed E-state index contributed by atoms with van der Waals surface area (Å²) in [5.41, 5.74) is 1.32. The SMILES string of the molecule is O=C(O)c1ccccc1OCCN1CCC(c2nc3ccccc3s2)CC1. The number of carbonyl (C=O) groups is 1. The van der Waals surface area contributed by atoms with Crippen LogP contribution in [0.5, 0.6) is 5.75 Å². The van der Waals surface area contributed by atoms with Crippen LogP contribution in [0.15, 0.2) is 48.5 Å². The molecule has 0 atom stereocenters. The Labute approximate surface area is 162 Å². The van der Waals surface area contributed by atoms with Crippen molar-refractivity contribution in [3.8, 4) is 5.75 Å². The normalized spacial score (nSPS) is 15.9. The summed E-state index contributed by atoms with van der Waals surface area (Å²) >= 11 is 1.81. The first-order chi connectivity index (χ1) is 13.2. The van der Waals surface area contributed by atoms with Gasteiger partial charge in [0, 0.05) is 12.5 Å². The van der Waals surface area contributed by atoms with E-state index in [1.807, 2.05) is 17.4 Å². The summed E-state index contributed by atoms with van der Waals surface area (Å²) in [4.78, 5) is 18.4. The molecule has 2 heterocycles. The molecule has 6 heteroatoms. The maximum absolute atomic E-state index is 11.2. The molecule has 1 saturated heterocycles. The molecule has 0 amide bonds. The zero-order chi connectivity index (χ0) is 18.6. The van der Waals surface area contributed by atoms with E-state index in [9.17, 15) is 9.90 Å². The van der Waals surface area contributed by atoms with Crippen molar-refractivity contribution < 1.29 is 14.6 Å². The van der Waals surface area contributed by atoms with E-state index in [0.29, 0.717) is 18.3 Å². The van der Waals surface area contributed by atoms with Gasteiger partial charge in [-0.05, 0) is 50.2 Å². The van der Waals surface area contributed by atoms with Gasteiger partial charge in [-0.1, -0.05) is 24.3 Å². The van der Waals surface area contributed by atoms with Crippen LogP contribution in [0.1, 0.15) is 34.1 Å². The van der Waals surface area contributed by atoms with Crippen LogP contribution in [0.4, 0.5) is 0 Å². The quantitative estimate of drug-likeness (QED) is 0.690. The molecule has 0 spiro atoms. The van der Waals surface area contributed by atoms with Crippen LogP contribution in [0.3, 0.4) is 0 Å². The molecule has 1 fully saturated rings. The number of carboxylic acid groups (broad SMARTS) is 1. The molecule has 0 bridgehead atoms. The fourth-order valence-corrected chi connectivity index (χ4v) is 4.66. The monoisotopic (exact) mass is 382 g/mol. The lowest BCUT2D eigenvalue weighted by Gasteiger charge is -2.30. The Balaban J connectivity index is 1.28. The van der Waals surface area contributed by atoms with Crippen LogP contribution < -0.4 is 4.74 Å². The van der Waals surface area contributed by atoms with E-state index >= 15 is 0 Å². The van der Waals surface area contributed by atoms with Crippen molar-refractivity contribution in [1.82, 2.24) is 9.88 Å². The Hall–Kier alpha value is -2.44. The van der Waals surface area contributed by atoms with Crippen LogP contribution in [0, 0.1) is 0 Å². The molecular formula is C21H22N2O3S.